The molecule has 0 spiro atoms. The number of fused-ring (bicyclic) bond motifs is 9. The molecule has 1 aliphatic heterocycles. The zero-order valence-electron chi connectivity index (χ0n) is 36.5. The first-order chi connectivity index (χ1) is 32.5. The Labute approximate surface area is 382 Å². The van der Waals surface area contributed by atoms with Crippen LogP contribution in [0, 0.1) is 13.8 Å². The fourth-order valence-corrected chi connectivity index (χ4v) is 10.3. The first-order valence-electron chi connectivity index (χ1n) is 22.6. The SMILES string of the molecule is Cc1ccc2c(N(c3ccccc3)c3ccccc3)cc3c4cc(C)cc5c4c(cc3c2c1)-c1ccc(-c2ccc(N(c3ccccc3)c3cccc4c3oc3ccccc34)cc2)cc1O5. The van der Waals surface area contributed by atoms with Crippen LogP contribution < -0.4 is 14.5 Å². The Kier molecular flexibility index (Phi) is 8.62. The average molecular weight is 847 g/mol. The number of hydrogen-bond acceptors (Lipinski definition) is 4. The van der Waals surface area contributed by atoms with Crippen LogP contribution in [-0.2, 0) is 0 Å². The highest BCUT2D eigenvalue weighted by Crippen LogP contribution is 2.53. The Hall–Kier alpha value is -8.60. The zero-order valence-corrected chi connectivity index (χ0v) is 36.5. The lowest BCUT2D eigenvalue weighted by Gasteiger charge is -2.29. The topological polar surface area (TPSA) is 28.9 Å². The quantitative estimate of drug-likeness (QED) is 0.149. The molecule has 4 heteroatoms. The van der Waals surface area contributed by atoms with E-state index in [0.29, 0.717) is 0 Å². The smallest absolute Gasteiger partial charge is 0.159 e. The van der Waals surface area contributed by atoms with Crippen LogP contribution in [0.4, 0.5) is 34.1 Å². The fourth-order valence-electron chi connectivity index (χ4n) is 10.3. The van der Waals surface area contributed by atoms with E-state index in [1.165, 1.54) is 38.1 Å². The van der Waals surface area contributed by atoms with Crippen LogP contribution in [0.5, 0.6) is 11.5 Å². The molecule has 0 N–H and O–H groups in total. The lowest BCUT2D eigenvalue weighted by Crippen LogP contribution is -2.10. The van der Waals surface area contributed by atoms with Crippen molar-refractivity contribution in [3.63, 3.8) is 0 Å². The lowest BCUT2D eigenvalue weighted by molar-refractivity contribution is 0.487. The Morgan fingerprint density at radius 2 is 0.924 bits per heavy atom. The number of nitrogens with zero attached hydrogens (tertiary/aromatic N) is 2. The molecule has 0 saturated carbocycles. The molecular formula is C62H42N2O2. The standard InChI is InChI=1S/C62H42N2O2/c1-39-25-31-47-51(33-39)52-37-55-49-32-28-42(41-26-29-46(30-27-41)63(43-15-6-3-7-16-43)56-23-14-22-50-48-21-12-13-24-58(48)66-62(50)56)36-59(49)65-60-35-40(2)34-54(61(55)60)53(52)38-57(47)64(44-17-8-4-9-18-44)45-19-10-5-11-20-45/h3-38H,1-2H3. The maximum atomic E-state index is 6.98. The van der Waals surface area contributed by atoms with Crippen molar-refractivity contribution in [2.24, 2.45) is 0 Å². The second kappa shape index (κ2) is 15.0. The van der Waals surface area contributed by atoms with Crippen LogP contribution >= 0.6 is 0 Å². The molecular weight excluding hydrogens is 805 g/mol. The maximum Gasteiger partial charge on any atom is 0.159 e. The van der Waals surface area contributed by atoms with Crippen molar-refractivity contribution < 1.29 is 9.15 Å². The Morgan fingerprint density at radius 1 is 0.333 bits per heavy atom. The lowest BCUT2D eigenvalue weighted by atomic mass is 9.86. The van der Waals surface area contributed by atoms with E-state index >= 15 is 0 Å². The van der Waals surface area contributed by atoms with Crippen molar-refractivity contribution in [2.75, 3.05) is 9.80 Å². The first-order valence-corrected chi connectivity index (χ1v) is 22.6. The molecule has 0 bridgehead atoms. The molecule has 0 radical (unpaired) electrons. The Bertz CT molecular complexity index is 3820. The van der Waals surface area contributed by atoms with Crippen LogP contribution in [0.2, 0.25) is 0 Å². The molecule has 2 heterocycles. The molecule has 312 valence electrons. The van der Waals surface area contributed by atoms with Gasteiger partial charge >= 0.3 is 0 Å². The first kappa shape index (κ1) is 37.9. The summed E-state index contributed by atoms with van der Waals surface area (Å²) in [6, 6.07) is 78.3. The van der Waals surface area contributed by atoms with Gasteiger partial charge in [0.2, 0.25) is 0 Å². The highest BCUT2D eigenvalue weighted by Gasteiger charge is 2.26. The molecule has 0 aliphatic carbocycles. The predicted octanol–water partition coefficient (Wildman–Crippen LogP) is 18.0. The van der Waals surface area contributed by atoms with Gasteiger partial charge in [-0.1, -0.05) is 133 Å². The van der Waals surface area contributed by atoms with Gasteiger partial charge in [-0.05, 0) is 149 Å². The molecule has 1 aliphatic rings. The highest BCUT2D eigenvalue weighted by atomic mass is 16.5. The van der Waals surface area contributed by atoms with Gasteiger partial charge < -0.3 is 19.0 Å². The monoisotopic (exact) mass is 846 g/mol. The third-order valence-corrected chi connectivity index (χ3v) is 13.3. The summed E-state index contributed by atoms with van der Waals surface area (Å²) in [6.07, 6.45) is 0. The van der Waals surface area contributed by atoms with E-state index in [1.807, 2.05) is 12.1 Å². The summed E-state index contributed by atoms with van der Waals surface area (Å²) in [6.45, 7) is 4.36. The molecule has 11 aromatic carbocycles. The van der Waals surface area contributed by atoms with Crippen molar-refractivity contribution in [1.29, 1.82) is 0 Å². The number of para-hydroxylation sites is 5. The molecule has 13 rings (SSSR count). The number of ether oxygens (including phenoxy) is 1. The summed E-state index contributed by atoms with van der Waals surface area (Å²) in [5.41, 5.74) is 15.0. The zero-order chi connectivity index (χ0) is 43.9. The Morgan fingerprint density at radius 3 is 1.65 bits per heavy atom. The van der Waals surface area contributed by atoms with Gasteiger partial charge in [0.15, 0.2) is 5.58 Å². The number of furan rings is 1. The van der Waals surface area contributed by atoms with E-state index in [1.54, 1.807) is 0 Å². The van der Waals surface area contributed by atoms with Crippen LogP contribution in [0.1, 0.15) is 11.1 Å². The molecule has 0 saturated heterocycles. The van der Waals surface area contributed by atoms with Gasteiger partial charge in [-0.25, -0.2) is 0 Å². The van der Waals surface area contributed by atoms with E-state index in [9.17, 15) is 0 Å². The highest BCUT2D eigenvalue weighted by molar-refractivity contribution is 6.26. The predicted molar refractivity (Wildman–Crippen MR) is 276 cm³/mol. The van der Waals surface area contributed by atoms with Crippen LogP contribution in [0.25, 0.3) is 76.5 Å². The van der Waals surface area contributed by atoms with Gasteiger partial charge in [0.25, 0.3) is 0 Å². The van der Waals surface area contributed by atoms with Crippen molar-refractivity contribution in [1.82, 2.24) is 0 Å². The van der Waals surface area contributed by atoms with Gasteiger partial charge in [-0.3, -0.25) is 0 Å². The van der Waals surface area contributed by atoms with Gasteiger partial charge in [0, 0.05) is 49.9 Å². The molecule has 4 nitrogen and oxygen atoms in total. The minimum atomic E-state index is 0.856. The van der Waals surface area contributed by atoms with E-state index in [0.717, 1.165) is 95.2 Å². The van der Waals surface area contributed by atoms with Crippen molar-refractivity contribution in [3.8, 4) is 33.8 Å². The summed E-state index contributed by atoms with van der Waals surface area (Å²) < 4.78 is 13.5. The van der Waals surface area contributed by atoms with Crippen molar-refractivity contribution >= 4 is 88.4 Å². The number of rotatable bonds is 7. The summed E-state index contributed by atoms with van der Waals surface area (Å²) >= 11 is 0. The second-order valence-corrected chi connectivity index (χ2v) is 17.4. The third-order valence-electron chi connectivity index (χ3n) is 13.3. The largest absolute Gasteiger partial charge is 0.456 e. The number of benzene rings is 11. The molecule has 0 atom stereocenters. The summed E-state index contributed by atoms with van der Waals surface area (Å²) in [7, 11) is 0. The summed E-state index contributed by atoms with van der Waals surface area (Å²) in [5.74, 6) is 1.74. The van der Waals surface area contributed by atoms with E-state index < -0.39 is 0 Å². The van der Waals surface area contributed by atoms with E-state index in [2.05, 4.69) is 230 Å². The summed E-state index contributed by atoms with van der Waals surface area (Å²) in [5, 5.41) is 9.40. The number of aryl methyl sites for hydroxylation is 2. The maximum absolute atomic E-state index is 6.98. The van der Waals surface area contributed by atoms with Crippen LogP contribution in [0.3, 0.4) is 0 Å². The molecule has 0 unspecified atom stereocenters. The molecule has 0 fully saturated rings. The van der Waals surface area contributed by atoms with Crippen molar-refractivity contribution in [3.05, 3.63) is 230 Å². The molecule has 1 aromatic heterocycles. The van der Waals surface area contributed by atoms with E-state index in [4.69, 9.17) is 9.15 Å². The molecule has 66 heavy (non-hydrogen) atoms. The minimum absolute atomic E-state index is 0.856. The second-order valence-electron chi connectivity index (χ2n) is 17.4. The Balaban J connectivity index is 0.940. The van der Waals surface area contributed by atoms with Crippen molar-refractivity contribution in [2.45, 2.75) is 13.8 Å². The van der Waals surface area contributed by atoms with Gasteiger partial charge in [-0.15, -0.1) is 0 Å². The number of hydrogen-bond donors (Lipinski definition) is 0. The van der Waals surface area contributed by atoms with Crippen LogP contribution in [0.15, 0.2) is 223 Å². The summed E-state index contributed by atoms with van der Waals surface area (Å²) in [4.78, 5) is 4.67. The molecule has 12 aromatic rings. The van der Waals surface area contributed by atoms with Gasteiger partial charge in [0.05, 0.1) is 11.4 Å². The van der Waals surface area contributed by atoms with Crippen LogP contribution in [-0.4, -0.2) is 0 Å². The molecule has 0 amide bonds. The number of anilines is 6. The van der Waals surface area contributed by atoms with Gasteiger partial charge in [-0.2, -0.15) is 0 Å². The minimum Gasteiger partial charge on any atom is -0.456 e. The fraction of sp³-hybridized carbons (Fsp3) is 0.0323. The average Bonchev–Trinajstić information content (AvgIpc) is 3.75. The van der Waals surface area contributed by atoms with E-state index in [-0.39, 0.29) is 0 Å². The normalized spacial score (nSPS) is 11.9. The third kappa shape index (κ3) is 6.07. The van der Waals surface area contributed by atoms with Gasteiger partial charge in [0.1, 0.15) is 17.1 Å².